The van der Waals surface area contributed by atoms with Crippen LogP contribution in [0.25, 0.3) is 16.7 Å². The highest BCUT2D eigenvalue weighted by molar-refractivity contribution is 6.00. The van der Waals surface area contributed by atoms with Gasteiger partial charge in [0.25, 0.3) is 5.56 Å². The summed E-state index contributed by atoms with van der Waals surface area (Å²) in [5, 5.41) is 4.50. The van der Waals surface area contributed by atoms with E-state index in [-0.39, 0.29) is 12.0 Å². The second-order valence-electron chi connectivity index (χ2n) is 6.31. The Kier molecular flexibility index (Phi) is 4.89. The number of ketones is 1. The Hall–Kier alpha value is -3.29. The molecular formula is C19H20N4O4. The van der Waals surface area contributed by atoms with Gasteiger partial charge in [-0.1, -0.05) is 17.7 Å². The lowest BCUT2D eigenvalue weighted by Crippen LogP contribution is -2.35. The molecule has 27 heavy (non-hydrogen) atoms. The lowest BCUT2D eigenvalue weighted by Gasteiger charge is -2.15. The van der Waals surface area contributed by atoms with Crippen molar-refractivity contribution in [3.8, 4) is 5.69 Å². The molecule has 0 radical (unpaired) electrons. The summed E-state index contributed by atoms with van der Waals surface area (Å²) in [5.41, 5.74) is 2.73. The zero-order valence-electron chi connectivity index (χ0n) is 15.6. The van der Waals surface area contributed by atoms with Crippen LogP contribution < -0.4 is 5.56 Å². The predicted octanol–water partition coefficient (Wildman–Crippen LogP) is 1.89. The van der Waals surface area contributed by atoms with Crippen molar-refractivity contribution in [3.63, 3.8) is 0 Å². The summed E-state index contributed by atoms with van der Waals surface area (Å²) in [6.07, 6.45) is 2.58. The molecule has 0 spiro atoms. The van der Waals surface area contributed by atoms with E-state index in [4.69, 9.17) is 4.74 Å². The van der Waals surface area contributed by atoms with Crippen LogP contribution in [0, 0.1) is 13.8 Å². The first-order chi connectivity index (χ1) is 12.8. The monoisotopic (exact) mass is 368 g/mol. The molecule has 0 unspecified atom stereocenters. The molecule has 0 saturated heterocycles. The van der Waals surface area contributed by atoms with Gasteiger partial charge in [-0.05, 0) is 39.3 Å². The topological polar surface area (TPSA) is 96.1 Å². The number of aryl methyl sites for hydroxylation is 2. The van der Waals surface area contributed by atoms with Gasteiger partial charge >= 0.3 is 5.97 Å². The average molecular weight is 368 g/mol. The zero-order valence-corrected chi connectivity index (χ0v) is 15.6. The molecule has 2 heterocycles. The molecule has 0 aliphatic rings. The largest absolute Gasteiger partial charge is 0.464 e. The minimum Gasteiger partial charge on any atom is -0.464 e. The summed E-state index contributed by atoms with van der Waals surface area (Å²) in [5.74, 6) is -1.28. The van der Waals surface area contributed by atoms with E-state index in [9.17, 15) is 14.4 Å². The number of benzene rings is 1. The zero-order chi connectivity index (χ0) is 19.7. The highest BCUT2D eigenvalue weighted by Crippen LogP contribution is 2.19. The van der Waals surface area contributed by atoms with Crippen molar-refractivity contribution in [1.29, 1.82) is 0 Å². The summed E-state index contributed by atoms with van der Waals surface area (Å²) in [7, 11) is 0. The first-order valence-electron chi connectivity index (χ1n) is 8.54. The fourth-order valence-electron chi connectivity index (χ4n) is 3.03. The van der Waals surface area contributed by atoms with Crippen molar-refractivity contribution in [2.24, 2.45) is 0 Å². The Balaban J connectivity index is 2.16. The Morgan fingerprint density at radius 3 is 2.63 bits per heavy atom. The maximum atomic E-state index is 12.9. The van der Waals surface area contributed by atoms with Gasteiger partial charge in [0.2, 0.25) is 0 Å². The van der Waals surface area contributed by atoms with E-state index in [1.807, 2.05) is 32.0 Å². The molecule has 1 aromatic carbocycles. The first-order valence-corrected chi connectivity index (χ1v) is 8.54. The quantitative estimate of drug-likeness (QED) is 0.504. The number of rotatable bonds is 5. The van der Waals surface area contributed by atoms with Gasteiger partial charge in [-0.2, -0.15) is 5.10 Å². The Morgan fingerprint density at radius 1 is 1.26 bits per heavy atom. The van der Waals surface area contributed by atoms with E-state index in [1.54, 1.807) is 11.6 Å². The van der Waals surface area contributed by atoms with Crippen molar-refractivity contribution >= 4 is 22.8 Å². The molecule has 1 atom stereocenters. The molecule has 2 aromatic heterocycles. The third-order valence-electron chi connectivity index (χ3n) is 4.27. The van der Waals surface area contributed by atoms with Gasteiger partial charge in [0, 0.05) is 0 Å². The highest BCUT2D eigenvalue weighted by Gasteiger charge is 2.29. The smallest absolute Gasteiger partial charge is 0.337 e. The normalized spacial score (nSPS) is 12.1. The number of fused-ring (bicyclic) bond motifs is 1. The molecule has 0 amide bonds. The Bertz CT molecular complexity index is 1100. The van der Waals surface area contributed by atoms with Gasteiger partial charge in [0.05, 0.1) is 18.5 Å². The molecule has 3 aromatic rings. The van der Waals surface area contributed by atoms with Gasteiger partial charge in [0.15, 0.2) is 17.5 Å². The number of ether oxygens (including phenoxy) is 1. The van der Waals surface area contributed by atoms with E-state index in [0.29, 0.717) is 5.65 Å². The Morgan fingerprint density at radius 2 is 2.00 bits per heavy atom. The summed E-state index contributed by atoms with van der Waals surface area (Å²) in [6, 6.07) is 4.50. The van der Waals surface area contributed by atoms with E-state index >= 15 is 0 Å². The molecule has 0 aliphatic heterocycles. The SMILES string of the molecule is CCOC(=O)[C@@H](C(C)=O)n1cnc2c(cnn2-c2ccc(C)cc2C)c1=O. The summed E-state index contributed by atoms with van der Waals surface area (Å²) < 4.78 is 7.49. The second kappa shape index (κ2) is 7.14. The molecule has 140 valence electrons. The van der Waals surface area contributed by atoms with E-state index < -0.39 is 23.4 Å². The van der Waals surface area contributed by atoms with Gasteiger partial charge < -0.3 is 4.74 Å². The highest BCUT2D eigenvalue weighted by atomic mass is 16.5. The second-order valence-corrected chi connectivity index (χ2v) is 6.31. The number of carbonyl (C=O) groups is 2. The molecule has 0 bridgehead atoms. The summed E-state index contributed by atoms with van der Waals surface area (Å²) >= 11 is 0. The lowest BCUT2D eigenvalue weighted by atomic mass is 10.1. The van der Waals surface area contributed by atoms with Gasteiger partial charge in [-0.3, -0.25) is 14.2 Å². The van der Waals surface area contributed by atoms with Crippen LogP contribution in [0.4, 0.5) is 0 Å². The van der Waals surface area contributed by atoms with Crippen LogP contribution >= 0.6 is 0 Å². The predicted molar refractivity (Wildman–Crippen MR) is 99.0 cm³/mol. The van der Waals surface area contributed by atoms with E-state index in [1.165, 1.54) is 19.4 Å². The van der Waals surface area contributed by atoms with Crippen LogP contribution in [-0.2, 0) is 14.3 Å². The molecule has 0 N–H and O–H groups in total. The molecule has 0 fully saturated rings. The molecule has 8 nitrogen and oxygen atoms in total. The van der Waals surface area contributed by atoms with Gasteiger partial charge in [0.1, 0.15) is 11.7 Å². The number of carbonyl (C=O) groups excluding carboxylic acids is 2. The fraction of sp³-hybridized carbons (Fsp3) is 0.316. The number of hydrogen-bond acceptors (Lipinski definition) is 6. The molecule has 0 saturated carbocycles. The Labute approximate surface area is 155 Å². The van der Waals surface area contributed by atoms with Crippen LogP contribution in [0.2, 0.25) is 0 Å². The van der Waals surface area contributed by atoms with Crippen molar-refractivity contribution < 1.29 is 14.3 Å². The van der Waals surface area contributed by atoms with Crippen LogP contribution in [0.3, 0.4) is 0 Å². The van der Waals surface area contributed by atoms with Gasteiger partial charge in [-0.25, -0.2) is 14.5 Å². The summed E-state index contributed by atoms with van der Waals surface area (Å²) in [6.45, 7) is 6.91. The molecular weight excluding hydrogens is 348 g/mol. The van der Waals surface area contributed by atoms with Crippen LogP contribution in [0.1, 0.15) is 31.0 Å². The fourth-order valence-corrected chi connectivity index (χ4v) is 3.03. The number of Topliss-reactive ketones (excluding diaryl/α,β-unsaturated/α-hetero) is 1. The van der Waals surface area contributed by atoms with E-state index in [2.05, 4.69) is 10.1 Å². The van der Waals surface area contributed by atoms with Crippen LogP contribution in [0.15, 0.2) is 35.5 Å². The average Bonchev–Trinajstić information content (AvgIpc) is 3.02. The minimum absolute atomic E-state index is 0.109. The van der Waals surface area contributed by atoms with Crippen molar-refractivity contribution in [3.05, 3.63) is 52.2 Å². The number of aromatic nitrogens is 4. The number of esters is 1. The molecule has 0 aliphatic carbocycles. The van der Waals surface area contributed by atoms with E-state index in [0.717, 1.165) is 21.4 Å². The van der Waals surface area contributed by atoms with Crippen molar-refractivity contribution in [2.45, 2.75) is 33.7 Å². The summed E-state index contributed by atoms with van der Waals surface area (Å²) in [4.78, 5) is 41.2. The maximum absolute atomic E-state index is 12.9. The lowest BCUT2D eigenvalue weighted by molar-refractivity contribution is -0.150. The number of hydrogen-bond donors (Lipinski definition) is 0. The molecule has 3 rings (SSSR count). The van der Waals surface area contributed by atoms with Crippen molar-refractivity contribution in [1.82, 2.24) is 19.3 Å². The number of nitrogens with zero attached hydrogens (tertiary/aromatic N) is 4. The third kappa shape index (κ3) is 3.25. The first kappa shape index (κ1) is 18.5. The van der Waals surface area contributed by atoms with Crippen LogP contribution in [0.5, 0.6) is 0 Å². The minimum atomic E-state index is -1.36. The molecule has 8 heteroatoms. The third-order valence-corrected chi connectivity index (χ3v) is 4.27. The van der Waals surface area contributed by atoms with Crippen LogP contribution in [-0.4, -0.2) is 37.7 Å². The standard InChI is InChI=1S/C19H20N4O4/c1-5-27-19(26)16(13(4)24)22-10-20-17-14(18(22)25)9-21-23(17)15-7-6-11(2)8-12(15)3/h6-10,16H,5H2,1-4H3/t16-/m1/s1. The van der Waals surface area contributed by atoms with Crippen molar-refractivity contribution in [2.75, 3.05) is 6.61 Å². The van der Waals surface area contributed by atoms with Gasteiger partial charge in [-0.15, -0.1) is 0 Å². The maximum Gasteiger partial charge on any atom is 0.337 e.